The van der Waals surface area contributed by atoms with Crippen LogP contribution in [-0.2, 0) is 14.3 Å². The van der Waals surface area contributed by atoms with E-state index in [0.717, 1.165) is 25.8 Å². The van der Waals surface area contributed by atoms with Crippen LogP contribution in [0.3, 0.4) is 0 Å². The van der Waals surface area contributed by atoms with Crippen molar-refractivity contribution in [2.75, 3.05) is 11.9 Å². The molecule has 0 aromatic heterocycles. The third kappa shape index (κ3) is 5.33. The van der Waals surface area contributed by atoms with Crippen LogP contribution in [0.1, 0.15) is 23.5 Å². The highest BCUT2D eigenvalue weighted by Gasteiger charge is 2.30. The molecule has 0 aliphatic heterocycles. The maximum absolute atomic E-state index is 12.6. The molecule has 0 fully saturated rings. The summed E-state index contributed by atoms with van der Waals surface area (Å²) in [4.78, 5) is 36.4. The molecule has 1 atom stereocenters. The van der Waals surface area contributed by atoms with Gasteiger partial charge in [0.25, 0.3) is 0 Å². The summed E-state index contributed by atoms with van der Waals surface area (Å²) >= 11 is 2.14. The van der Waals surface area contributed by atoms with Crippen LogP contribution in [0, 0.1) is 3.57 Å². The minimum atomic E-state index is -1.28. The van der Waals surface area contributed by atoms with E-state index in [1.54, 1.807) is 24.3 Å². The molecule has 0 bridgehead atoms. The number of benzene rings is 3. The number of halogens is 1. The summed E-state index contributed by atoms with van der Waals surface area (Å²) in [7, 11) is 0. The molecule has 3 N–H and O–H groups in total. The zero-order valence-corrected chi connectivity index (χ0v) is 19.6. The number of nitrogens with one attached hydrogen (secondary N) is 2. The van der Waals surface area contributed by atoms with Crippen LogP contribution in [0.4, 0.5) is 10.5 Å². The molecular formula is C25H21IN2O5. The molecule has 8 heteroatoms. The Morgan fingerprint density at radius 2 is 1.48 bits per heavy atom. The average molecular weight is 556 g/mol. The van der Waals surface area contributed by atoms with Gasteiger partial charge >= 0.3 is 12.1 Å². The summed E-state index contributed by atoms with van der Waals surface area (Å²) < 4.78 is 6.43. The summed E-state index contributed by atoms with van der Waals surface area (Å²) in [5.74, 6) is -1.98. The molecule has 3 aromatic carbocycles. The van der Waals surface area contributed by atoms with Crippen molar-refractivity contribution in [1.82, 2.24) is 5.32 Å². The Balaban J connectivity index is 1.42. The lowest BCUT2D eigenvalue weighted by atomic mass is 9.98. The second kappa shape index (κ2) is 10.0. The zero-order valence-electron chi connectivity index (χ0n) is 17.5. The quantitative estimate of drug-likeness (QED) is 0.369. The van der Waals surface area contributed by atoms with E-state index < -0.39 is 30.4 Å². The first kappa shape index (κ1) is 22.8. The van der Waals surface area contributed by atoms with E-state index in [4.69, 9.17) is 4.74 Å². The molecule has 0 saturated carbocycles. The number of ether oxygens (including phenoxy) is 1. The molecule has 0 saturated heterocycles. The van der Waals surface area contributed by atoms with Gasteiger partial charge in [-0.05, 0) is 69.1 Å². The topological polar surface area (TPSA) is 105 Å². The average Bonchev–Trinajstić information content (AvgIpc) is 3.12. The van der Waals surface area contributed by atoms with Crippen molar-refractivity contribution in [3.63, 3.8) is 0 Å². The maximum Gasteiger partial charge on any atom is 0.407 e. The summed E-state index contributed by atoms with van der Waals surface area (Å²) in [5.41, 5.74) is 4.82. The van der Waals surface area contributed by atoms with Gasteiger partial charge in [-0.2, -0.15) is 0 Å². The Bertz CT molecular complexity index is 1150. The van der Waals surface area contributed by atoms with Crippen molar-refractivity contribution >= 4 is 46.2 Å². The maximum atomic E-state index is 12.6. The third-order valence-electron chi connectivity index (χ3n) is 5.44. The van der Waals surface area contributed by atoms with Crippen molar-refractivity contribution in [3.05, 3.63) is 87.5 Å². The molecule has 0 heterocycles. The molecule has 1 unspecified atom stereocenters. The minimum absolute atomic E-state index is 0.0678. The highest BCUT2D eigenvalue weighted by atomic mass is 127. The normalized spacial score (nSPS) is 12.9. The molecule has 3 aromatic rings. The van der Waals surface area contributed by atoms with Crippen molar-refractivity contribution in [2.24, 2.45) is 0 Å². The number of fused-ring (bicyclic) bond motifs is 3. The van der Waals surface area contributed by atoms with Gasteiger partial charge in [0.15, 0.2) is 0 Å². The van der Waals surface area contributed by atoms with E-state index in [1.165, 1.54) is 0 Å². The Hall–Kier alpha value is -3.40. The molecule has 33 heavy (non-hydrogen) atoms. The SMILES string of the molecule is O=C(O)CC(NC(=O)OCC1c2ccccc2-c2ccccc21)C(=O)Nc1ccc(I)cc1. The van der Waals surface area contributed by atoms with Crippen molar-refractivity contribution in [2.45, 2.75) is 18.4 Å². The summed E-state index contributed by atoms with van der Waals surface area (Å²) in [6.45, 7) is 0.0678. The summed E-state index contributed by atoms with van der Waals surface area (Å²) in [5, 5.41) is 14.2. The first-order valence-electron chi connectivity index (χ1n) is 10.3. The van der Waals surface area contributed by atoms with Gasteiger partial charge in [-0.25, -0.2) is 4.79 Å². The summed E-state index contributed by atoms with van der Waals surface area (Å²) in [6.07, 6.45) is -1.42. The number of carbonyl (C=O) groups is 3. The van der Waals surface area contributed by atoms with Gasteiger partial charge in [0, 0.05) is 15.2 Å². The standard InChI is InChI=1S/C25H21IN2O5/c26-15-9-11-16(12-10-15)27-24(31)22(13-23(29)30)28-25(32)33-14-21-19-7-3-1-5-17(19)18-6-2-4-8-20(18)21/h1-12,21-22H,13-14H2,(H,27,31)(H,28,32)(H,29,30). The molecule has 1 aliphatic carbocycles. The summed E-state index contributed by atoms with van der Waals surface area (Å²) in [6, 6.07) is 21.6. The first-order valence-corrected chi connectivity index (χ1v) is 11.4. The number of anilines is 1. The molecule has 4 rings (SSSR count). The minimum Gasteiger partial charge on any atom is -0.481 e. The predicted octanol–water partition coefficient (Wildman–Crippen LogP) is 4.61. The van der Waals surface area contributed by atoms with E-state index >= 15 is 0 Å². The van der Waals surface area contributed by atoms with Crippen molar-refractivity contribution in [1.29, 1.82) is 0 Å². The monoisotopic (exact) mass is 556 g/mol. The Morgan fingerprint density at radius 3 is 2.06 bits per heavy atom. The number of carboxylic acids is 1. The second-order valence-corrected chi connectivity index (χ2v) is 8.86. The number of carbonyl (C=O) groups excluding carboxylic acids is 2. The van der Waals surface area contributed by atoms with Gasteiger partial charge in [-0.15, -0.1) is 0 Å². The van der Waals surface area contributed by atoms with Gasteiger partial charge in [-0.1, -0.05) is 48.5 Å². The van der Waals surface area contributed by atoms with E-state index in [2.05, 4.69) is 33.2 Å². The van der Waals surface area contributed by atoms with Crippen molar-refractivity contribution < 1.29 is 24.2 Å². The van der Waals surface area contributed by atoms with E-state index in [1.807, 2.05) is 48.5 Å². The fourth-order valence-corrected chi connectivity index (χ4v) is 4.29. The third-order valence-corrected chi connectivity index (χ3v) is 6.16. The van der Waals surface area contributed by atoms with Crippen LogP contribution >= 0.6 is 22.6 Å². The molecular weight excluding hydrogens is 535 g/mol. The molecule has 2 amide bonds. The molecule has 1 aliphatic rings. The van der Waals surface area contributed by atoms with Crippen LogP contribution in [0.5, 0.6) is 0 Å². The van der Waals surface area contributed by atoms with Gasteiger partial charge in [0.2, 0.25) is 5.91 Å². The van der Waals surface area contributed by atoms with Crippen molar-refractivity contribution in [3.8, 4) is 11.1 Å². The fourth-order valence-electron chi connectivity index (χ4n) is 3.93. The van der Waals surface area contributed by atoms with Crippen LogP contribution in [0.25, 0.3) is 11.1 Å². The predicted molar refractivity (Wildman–Crippen MR) is 132 cm³/mol. The lowest BCUT2D eigenvalue weighted by molar-refractivity contribution is -0.139. The van der Waals surface area contributed by atoms with Crippen LogP contribution in [0.15, 0.2) is 72.8 Å². The number of carboxylic acid groups (broad SMARTS) is 1. The van der Waals surface area contributed by atoms with E-state index in [-0.39, 0.29) is 12.5 Å². The first-order chi connectivity index (χ1) is 15.9. The highest BCUT2D eigenvalue weighted by molar-refractivity contribution is 14.1. The number of aliphatic carboxylic acids is 1. The number of hydrogen-bond acceptors (Lipinski definition) is 4. The van der Waals surface area contributed by atoms with Gasteiger partial charge in [-0.3, -0.25) is 9.59 Å². The highest BCUT2D eigenvalue weighted by Crippen LogP contribution is 2.44. The Labute approximate surface area is 204 Å². The molecule has 7 nitrogen and oxygen atoms in total. The lowest BCUT2D eigenvalue weighted by Gasteiger charge is -2.18. The number of amides is 2. The fraction of sp³-hybridized carbons (Fsp3) is 0.160. The molecule has 0 spiro atoms. The zero-order chi connectivity index (χ0) is 23.4. The number of rotatable bonds is 7. The van der Waals surface area contributed by atoms with E-state index in [9.17, 15) is 19.5 Å². The van der Waals surface area contributed by atoms with E-state index in [0.29, 0.717) is 5.69 Å². The Kier molecular flexibility index (Phi) is 6.93. The largest absolute Gasteiger partial charge is 0.481 e. The second-order valence-electron chi connectivity index (χ2n) is 7.62. The Morgan fingerprint density at radius 1 is 0.909 bits per heavy atom. The van der Waals surface area contributed by atoms with Crippen LogP contribution in [0.2, 0.25) is 0 Å². The van der Waals surface area contributed by atoms with Crippen LogP contribution < -0.4 is 10.6 Å². The van der Waals surface area contributed by atoms with Gasteiger partial charge in [0.05, 0.1) is 6.42 Å². The molecule has 0 radical (unpaired) electrons. The van der Waals surface area contributed by atoms with Gasteiger partial charge < -0.3 is 20.5 Å². The number of alkyl carbamates (subject to hydrolysis) is 1. The lowest BCUT2D eigenvalue weighted by Crippen LogP contribution is -2.45. The molecule has 168 valence electrons. The number of hydrogen-bond donors (Lipinski definition) is 3. The van der Waals surface area contributed by atoms with Gasteiger partial charge in [0.1, 0.15) is 12.6 Å². The smallest absolute Gasteiger partial charge is 0.407 e. The van der Waals surface area contributed by atoms with Crippen LogP contribution in [-0.4, -0.2) is 35.7 Å².